The predicted octanol–water partition coefficient (Wildman–Crippen LogP) is 3.17. The van der Waals surface area contributed by atoms with Crippen molar-refractivity contribution < 1.29 is 19.0 Å². The van der Waals surface area contributed by atoms with Gasteiger partial charge in [-0.3, -0.25) is 4.79 Å². The third kappa shape index (κ3) is 5.09. The molecule has 1 spiro atoms. The summed E-state index contributed by atoms with van der Waals surface area (Å²) in [5.41, 5.74) is 1.10. The minimum atomic E-state index is -0.0891. The number of piperidine rings is 1. The van der Waals surface area contributed by atoms with Crippen LogP contribution in [0.15, 0.2) is 30.3 Å². The maximum Gasteiger partial charge on any atom is 0.225 e. The normalized spacial score (nSPS) is 24.9. The Hall–Kier alpha value is -1.43. The number of benzene rings is 1. The van der Waals surface area contributed by atoms with Gasteiger partial charge in [-0.1, -0.05) is 30.3 Å². The molecule has 3 fully saturated rings. The second kappa shape index (κ2) is 8.72. The Bertz CT molecular complexity index is 608. The highest BCUT2D eigenvalue weighted by Crippen LogP contribution is 2.38. The van der Waals surface area contributed by atoms with Crippen LogP contribution >= 0.6 is 0 Å². The molecule has 27 heavy (non-hydrogen) atoms. The molecule has 1 aliphatic carbocycles. The number of hydrogen-bond acceptors (Lipinski definition) is 4. The Morgan fingerprint density at radius 3 is 2.63 bits per heavy atom. The van der Waals surface area contributed by atoms with Gasteiger partial charge in [-0.05, 0) is 37.7 Å². The van der Waals surface area contributed by atoms with Crippen LogP contribution in [-0.4, -0.2) is 55.4 Å². The van der Waals surface area contributed by atoms with E-state index < -0.39 is 0 Å². The van der Waals surface area contributed by atoms with Crippen molar-refractivity contribution in [2.24, 2.45) is 5.92 Å². The molecule has 2 saturated heterocycles. The summed E-state index contributed by atoms with van der Waals surface area (Å²) < 4.78 is 18.0. The van der Waals surface area contributed by atoms with Crippen molar-refractivity contribution in [1.29, 1.82) is 0 Å². The molecule has 148 valence electrons. The molecule has 2 heterocycles. The zero-order chi connectivity index (χ0) is 18.5. The molecule has 5 heteroatoms. The number of ether oxygens (including phenoxy) is 3. The summed E-state index contributed by atoms with van der Waals surface area (Å²) in [5, 5.41) is 0. The maximum absolute atomic E-state index is 12.2. The van der Waals surface area contributed by atoms with Gasteiger partial charge in [0.15, 0.2) is 0 Å². The van der Waals surface area contributed by atoms with Gasteiger partial charge in [0, 0.05) is 32.0 Å². The average Bonchev–Trinajstić information content (AvgIpc) is 3.54. The van der Waals surface area contributed by atoms with Crippen molar-refractivity contribution >= 4 is 5.91 Å². The smallest absolute Gasteiger partial charge is 0.225 e. The van der Waals surface area contributed by atoms with Gasteiger partial charge >= 0.3 is 0 Å². The summed E-state index contributed by atoms with van der Waals surface area (Å²) in [4.78, 5) is 14.3. The molecule has 5 nitrogen and oxygen atoms in total. The van der Waals surface area contributed by atoms with Gasteiger partial charge in [-0.25, -0.2) is 0 Å². The van der Waals surface area contributed by atoms with Crippen molar-refractivity contribution in [2.75, 3.05) is 32.9 Å². The molecule has 1 unspecified atom stereocenters. The SMILES string of the molecule is O=C(C1CC1)N1CCC2(CC1)CC(OCCOCc1ccccc1)CCO2. The van der Waals surface area contributed by atoms with E-state index in [9.17, 15) is 4.79 Å². The van der Waals surface area contributed by atoms with Crippen LogP contribution in [0.5, 0.6) is 0 Å². The number of amides is 1. The maximum atomic E-state index is 12.2. The molecule has 1 amide bonds. The van der Waals surface area contributed by atoms with Crippen LogP contribution in [0, 0.1) is 5.92 Å². The molecule has 1 aromatic rings. The van der Waals surface area contributed by atoms with E-state index in [2.05, 4.69) is 12.1 Å². The van der Waals surface area contributed by atoms with E-state index in [1.54, 1.807) is 0 Å². The lowest BCUT2D eigenvalue weighted by molar-refractivity contribution is -0.163. The Kier molecular flexibility index (Phi) is 6.11. The number of nitrogens with zero attached hydrogens (tertiary/aromatic N) is 1. The highest BCUT2D eigenvalue weighted by Gasteiger charge is 2.43. The van der Waals surface area contributed by atoms with Gasteiger partial charge in [0.25, 0.3) is 0 Å². The lowest BCUT2D eigenvalue weighted by Crippen LogP contribution is -2.52. The van der Waals surface area contributed by atoms with E-state index in [1.807, 2.05) is 23.1 Å². The third-order valence-corrected chi connectivity index (χ3v) is 6.05. The molecule has 1 aromatic carbocycles. The fraction of sp³-hybridized carbons (Fsp3) is 0.682. The number of rotatable bonds is 7. The monoisotopic (exact) mass is 373 g/mol. The van der Waals surface area contributed by atoms with E-state index in [0.29, 0.717) is 31.6 Å². The van der Waals surface area contributed by atoms with Crippen molar-refractivity contribution in [2.45, 2.75) is 56.8 Å². The van der Waals surface area contributed by atoms with Gasteiger partial charge < -0.3 is 19.1 Å². The fourth-order valence-corrected chi connectivity index (χ4v) is 4.23. The van der Waals surface area contributed by atoms with Crippen LogP contribution in [0.2, 0.25) is 0 Å². The lowest BCUT2D eigenvalue weighted by atomic mass is 9.83. The van der Waals surface area contributed by atoms with Crippen LogP contribution in [0.4, 0.5) is 0 Å². The molecular formula is C22H31NO4. The van der Waals surface area contributed by atoms with Crippen LogP contribution in [0.1, 0.15) is 44.1 Å². The lowest BCUT2D eigenvalue weighted by Gasteiger charge is -2.46. The highest BCUT2D eigenvalue weighted by molar-refractivity contribution is 5.81. The number of likely N-dealkylation sites (tertiary alicyclic amines) is 1. The molecule has 4 rings (SSSR count). The van der Waals surface area contributed by atoms with Gasteiger partial charge in [0.05, 0.1) is 31.5 Å². The molecule has 1 atom stereocenters. The van der Waals surface area contributed by atoms with Gasteiger partial charge in [-0.2, -0.15) is 0 Å². The van der Waals surface area contributed by atoms with Gasteiger partial charge in [-0.15, -0.1) is 0 Å². The Balaban J connectivity index is 1.16. The standard InChI is InChI=1S/C22H31NO4/c24-21(19-6-7-19)23-11-9-22(10-12-23)16-20(8-13-27-22)26-15-14-25-17-18-4-2-1-3-5-18/h1-5,19-20H,6-17H2. The van der Waals surface area contributed by atoms with Crippen LogP contribution in [0.25, 0.3) is 0 Å². The molecule has 0 radical (unpaired) electrons. The molecule has 1 saturated carbocycles. The Labute approximate surface area is 162 Å². The zero-order valence-corrected chi connectivity index (χ0v) is 16.1. The summed E-state index contributed by atoms with van der Waals surface area (Å²) >= 11 is 0. The quantitative estimate of drug-likeness (QED) is 0.689. The predicted molar refractivity (Wildman–Crippen MR) is 102 cm³/mol. The Morgan fingerprint density at radius 1 is 1.11 bits per heavy atom. The van der Waals surface area contributed by atoms with Gasteiger partial charge in [0.2, 0.25) is 5.91 Å². The van der Waals surface area contributed by atoms with E-state index >= 15 is 0 Å². The molecule has 0 N–H and O–H groups in total. The first-order valence-corrected chi connectivity index (χ1v) is 10.4. The largest absolute Gasteiger partial charge is 0.376 e. The second-order valence-electron chi connectivity index (χ2n) is 8.15. The molecule has 3 aliphatic rings. The van der Waals surface area contributed by atoms with Crippen LogP contribution in [0.3, 0.4) is 0 Å². The summed E-state index contributed by atoms with van der Waals surface area (Å²) in [6.45, 7) is 4.30. The third-order valence-electron chi connectivity index (χ3n) is 6.05. The molecule has 0 aromatic heterocycles. The van der Waals surface area contributed by atoms with Crippen LogP contribution in [-0.2, 0) is 25.6 Å². The topological polar surface area (TPSA) is 48.0 Å². The number of carbonyl (C=O) groups is 1. The van der Waals surface area contributed by atoms with E-state index in [1.165, 1.54) is 5.56 Å². The minimum absolute atomic E-state index is 0.0891. The second-order valence-corrected chi connectivity index (χ2v) is 8.15. The molecule has 0 bridgehead atoms. The summed E-state index contributed by atoms with van der Waals surface area (Å²) in [6, 6.07) is 10.2. The first-order chi connectivity index (χ1) is 13.2. The first kappa shape index (κ1) is 18.9. The number of carbonyl (C=O) groups excluding carboxylic acids is 1. The van der Waals surface area contributed by atoms with E-state index in [0.717, 1.165) is 58.2 Å². The van der Waals surface area contributed by atoms with Crippen molar-refractivity contribution in [1.82, 2.24) is 4.90 Å². The minimum Gasteiger partial charge on any atom is -0.376 e. The van der Waals surface area contributed by atoms with Gasteiger partial charge in [0.1, 0.15) is 0 Å². The van der Waals surface area contributed by atoms with E-state index in [-0.39, 0.29) is 11.7 Å². The summed E-state index contributed by atoms with van der Waals surface area (Å²) in [6.07, 6.45) is 6.18. The summed E-state index contributed by atoms with van der Waals surface area (Å²) in [7, 11) is 0. The summed E-state index contributed by atoms with van der Waals surface area (Å²) in [5.74, 6) is 0.683. The number of hydrogen-bond donors (Lipinski definition) is 0. The highest BCUT2D eigenvalue weighted by atomic mass is 16.5. The van der Waals surface area contributed by atoms with Crippen molar-refractivity contribution in [3.05, 3.63) is 35.9 Å². The molecular weight excluding hydrogens is 342 g/mol. The first-order valence-electron chi connectivity index (χ1n) is 10.4. The average molecular weight is 373 g/mol. The molecule has 2 aliphatic heterocycles. The fourth-order valence-electron chi connectivity index (χ4n) is 4.23. The van der Waals surface area contributed by atoms with Crippen molar-refractivity contribution in [3.8, 4) is 0 Å². The Morgan fingerprint density at radius 2 is 1.89 bits per heavy atom. The van der Waals surface area contributed by atoms with Crippen LogP contribution < -0.4 is 0 Å². The van der Waals surface area contributed by atoms with E-state index in [4.69, 9.17) is 14.2 Å². The van der Waals surface area contributed by atoms with Crippen molar-refractivity contribution in [3.63, 3.8) is 0 Å². The zero-order valence-electron chi connectivity index (χ0n) is 16.1.